The fourth-order valence-corrected chi connectivity index (χ4v) is 2.17. The maximum atomic E-state index is 5.63. The first kappa shape index (κ1) is 10.4. The van der Waals surface area contributed by atoms with Gasteiger partial charge in [0.25, 0.3) is 0 Å². The fourth-order valence-electron chi connectivity index (χ4n) is 1.30. The first-order valence-corrected chi connectivity index (χ1v) is 5.85. The summed E-state index contributed by atoms with van der Waals surface area (Å²) in [5, 5.41) is 0. The molecule has 15 heavy (non-hydrogen) atoms. The van der Waals surface area contributed by atoms with Gasteiger partial charge in [0.2, 0.25) is 0 Å². The second kappa shape index (κ2) is 5.08. The normalized spacial score (nSPS) is 10.1. The van der Waals surface area contributed by atoms with Crippen LogP contribution in [0.4, 0.5) is 0 Å². The highest BCUT2D eigenvalue weighted by Crippen LogP contribution is 2.21. The molecule has 0 heterocycles. The van der Waals surface area contributed by atoms with E-state index in [9.17, 15) is 0 Å². The molecule has 2 heteroatoms. The van der Waals surface area contributed by atoms with Crippen LogP contribution in [0.15, 0.2) is 59.5 Å². The maximum absolute atomic E-state index is 5.63. The lowest BCUT2D eigenvalue weighted by Crippen LogP contribution is -1.99. The molecule has 0 amide bonds. The molecule has 0 fully saturated rings. The molecule has 0 aliphatic heterocycles. The van der Waals surface area contributed by atoms with Gasteiger partial charge < -0.3 is 0 Å². The van der Waals surface area contributed by atoms with E-state index >= 15 is 0 Å². The van der Waals surface area contributed by atoms with Crippen molar-refractivity contribution in [3.63, 3.8) is 0 Å². The van der Waals surface area contributed by atoms with E-state index in [2.05, 4.69) is 36.4 Å². The molecule has 0 aliphatic rings. The molecular formula is C13H11BS. The van der Waals surface area contributed by atoms with Gasteiger partial charge in [-0.15, -0.1) is 11.8 Å². The monoisotopic (exact) mass is 210 g/mol. The van der Waals surface area contributed by atoms with Crippen LogP contribution in [-0.4, -0.2) is 7.85 Å². The minimum atomic E-state index is 0.823. The zero-order valence-corrected chi connectivity index (χ0v) is 9.21. The topological polar surface area (TPSA) is 0 Å². The number of thioether (sulfide) groups is 1. The van der Waals surface area contributed by atoms with Gasteiger partial charge in [-0.2, -0.15) is 0 Å². The van der Waals surface area contributed by atoms with Gasteiger partial charge in [0, 0.05) is 10.6 Å². The molecule has 0 saturated carbocycles. The summed E-state index contributed by atoms with van der Waals surface area (Å²) < 4.78 is 0. The number of rotatable bonds is 3. The zero-order chi connectivity index (χ0) is 10.5. The summed E-state index contributed by atoms with van der Waals surface area (Å²) in [5.74, 6) is 0.990. The summed E-state index contributed by atoms with van der Waals surface area (Å²) >= 11 is 1.84. The summed E-state index contributed by atoms with van der Waals surface area (Å²) in [7, 11) is 5.63. The van der Waals surface area contributed by atoms with Crippen molar-refractivity contribution in [2.45, 2.75) is 10.6 Å². The molecule has 0 aromatic heterocycles. The van der Waals surface area contributed by atoms with E-state index in [1.165, 1.54) is 10.5 Å². The van der Waals surface area contributed by atoms with Crippen molar-refractivity contribution in [3.05, 3.63) is 60.2 Å². The fraction of sp³-hybridized carbons (Fsp3) is 0.0769. The van der Waals surface area contributed by atoms with Crippen molar-refractivity contribution in [1.29, 1.82) is 0 Å². The Hall–Kier alpha value is -1.15. The lowest BCUT2D eigenvalue weighted by molar-refractivity contribution is 1.39. The first-order chi connectivity index (χ1) is 7.34. The Balaban J connectivity index is 1.96. The highest BCUT2D eigenvalue weighted by Gasteiger charge is 1.94. The molecule has 2 rings (SSSR count). The predicted molar refractivity (Wildman–Crippen MR) is 67.8 cm³/mol. The van der Waals surface area contributed by atoms with Gasteiger partial charge >= 0.3 is 0 Å². The van der Waals surface area contributed by atoms with Crippen LogP contribution in [0.5, 0.6) is 0 Å². The van der Waals surface area contributed by atoms with E-state index in [0.717, 1.165) is 11.2 Å². The van der Waals surface area contributed by atoms with Crippen LogP contribution in [-0.2, 0) is 5.75 Å². The second-order valence-electron chi connectivity index (χ2n) is 3.34. The molecule has 0 saturated heterocycles. The third-order valence-electron chi connectivity index (χ3n) is 2.13. The van der Waals surface area contributed by atoms with Crippen molar-refractivity contribution in [3.8, 4) is 0 Å². The maximum Gasteiger partial charge on any atom is 0.113 e. The van der Waals surface area contributed by atoms with Crippen molar-refractivity contribution in [2.75, 3.05) is 0 Å². The van der Waals surface area contributed by atoms with Crippen LogP contribution in [0.2, 0.25) is 0 Å². The van der Waals surface area contributed by atoms with Gasteiger partial charge in [-0.25, -0.2) is 0 Å². The lowest BCUT2D eigenvalue weighted by Gasteiger charge is -2.02. The molecule has 0 aliphatic carbocycles. The zero-order valence-electron chi connectivity index (χ0n) is 8.39. The van der Waals surface area contributed by atoms with E-state index in [1.807, 2.05) is 30.0 Å². The standard InChI is InChI=1S/C13H11BS/c14-12-8-6-11(7-9-12)10-15-13-4-2-1-3-5-13/h1-9H,10H2. The molecule has 0 bridgehead atoms. The SMILES string of the molecule is [B]c1ccc(CSc2ccccc2)cc1. The van der Waals surface area contributed by atoms with Crippen molar-refractivity contribution in [2.24, 2.45) is 0 Å². The number of hydrogen-bond donors (Lipinski definition) is 0. The summed E-state index contributed by atoms with van der Waals surface area (Å²) in [6.07, 6.45) is 0. The first-order valence-electron chi connectivity index (χ1n) is 4.87. The molecule has 0 nitrogen and oxygen atoms in total. The van der Waals surface area contributed by atoms with Gasteiger partial charge in [0.15, 0.2) is 0 Å². The Bertz CT molecular complexity index is 408. The largest absolute Gasteiger partial charge is 0.121 e. The average Bonchev–Trinajstić information content (AvgIpc) is 2.30. The van der Waals surface area contributed by atoms with Gasteiger partial charge in [0.05, 0.1) is 0 Å². The summed E-state index contributed by atoms with van der Waals surface area (Å²) in [6.45, 7) is 0. The average molecular weight is 210 g/mol. The van der Waals surface area contributed by atoms with E-state index in [0.29, 0.717) is 0 Å². The van der Waals surface area contributed by atoms with Gasteiger partial charge in [0.1, 0.15) is 7.85 Å². The second-order valence-corrected chi connectivity index (χ2v) is 4.39. The van der Waals surface area contributed by atoms with E-state index in [-0.39, 0.29) is 0 Å². The Morgan fingerprint density at radius 2 is 1.53 bits per heavy atom. The molecule has 0 atom stereocenters. The lowest BCUT2D eigenvalue weighted by atomic mass is 9.96. The number of hydrogen-bond acceptors (Lipinski definition) is 1. The minimum absolute atomic E-state index is 0.823. The van der Waals surface area contributed by atoms with Crippen molar-refractivity contribution in [1.82, 2.24) is 0 Å². The van der Waals surface area contributed by atoms with E-state index in [1.54, 1.807) is 0 Å². The van der Waals surface area contributed by atoms with Gasteiger partial charge in [-0.1, -0.05) is 47.9 Å². The van der Waals surface area contributed by atoms with Crippen LogP contribution in [0.3, 0.4) is 0 Å². The Labute approximate surface area is 96.1 Å². The molecular weight excluding hydrogens is 199 g/mol. The third-order valence-corrected chi connectivity index (χ3v) is 3.21. The molecule has 2 radical (unpaired) electrons. The number of benzene rings is 2. The van der Waals surface area contributed by atoms with Crippen LogP contribution >= 0.6 is 11.8 Å². The van der Waals surface area contributed by atoms with Crippen molar-refractivity contribution >= 4 is 25.1 Å². The van der Waals surface area contributed by atoms with Crippen LogP contribution in [0, 0.1) is 0 Å². The quantitative estimate of drug-likeness (QED) is 0.554. The van der Waals surface area contributed by atoms with Crippen LogP contribution in [0.1, 0.15) is 5.56 Å². The highest BCUT2D eigenvalue weighted by atomic mass is 32.2. The molecule has 2 aromatic rings. The Morgan fingerprint density at radius 3 is 2.20 bits per heavy atom. The molecule has 0 N–H and O–H groups in total. The molecule has 0 spiro atoms. The Kier molecular flexibility index (Phi) is 3.52. The predicted octanol–water partition coefficient (Wildman–Crippen LogP) is 2.77. The molecule has 72 valence electrons. The van der Waals surface area contributed by atoms with Crippen LogP contribution < -0.4 is 5.46 Å². The minimum Gasteiger partial charge on any atom is -0.121 e. The van der Waals surface area contributed by atoms with E-state index < -0.39 is 0 Å². The van der Waals surface area contributed by atoms with Gasteiger partial charge in [-0.05, 0) is 17.7 Å². The summed E-state index contributed by atoms with van der Waals surface area (Å²) in [5.41, 5.74) is 2.13. The molecule has 2 aromatic carbocycles. The van der Waals surface area contributed by atoms with Crippen molar-refractivity contribution < 1.29 is 0 Å². The van der Waals surface area contributed by atoms with E-state index in [4.69, 9.17) is 7.85 Å². The Morgan fingerprint density at radius 1 is 0.867 bits per heavy atom. The van der Waals surface area contributed by atoms with Crippen LogP contribution in [0.25, 0.3) is 0 Å². The third kappa shape index (κ3) is 3.17. The smallest absolute Gasteiger partial charge is 0.113 e. The van der Waals surface area contributed by atoms with Gasteiger partial charge in [-0.3, -0.25) is 0 Å². The summed E-state index contributed by atoms with van der Waals surface area (Å²) in [6, 6.07) is 18.5. The molecule has 0 unspecified atom stereocenters. The highest BCUT2D eigenvalue weighted by molar-refractivity contribution is 7.98. The summed E-state index contributed by atoms with van der Waals surface area (Å²) in [4.78, 5) is 1.30.